The quantitative estimate of drug-likeness (QED) is 0.774. The number of carboxylic acids is 1. The fraction of sp³-hybridized carbons (Fsp3) is 0.391. The summed E-state index contributed by atoms with van der Waals surface area (Å²) < 4.78 is 6.01. The molecule has 0 spiro atoms. The third kappa shape index (κ3) is 7.04. The maximum atomic E-state index is 12.5. The average Bonchev–Trinajstić information content (AvgIpc) is 2.69. The van der Waals surface area contributed by atoms with Crippen LogP contribution >= 0.6 is 11.6 Å². The monoisotopic (exact) mass is 430 g/mol. The summed E-state index contributed by atoms with van der Waals surface area (Å²) in [4.78, 5) is 25.7. The van der Waals surface area contributed by atoms with Crippen LogP contribution < -0.4 is 10.1 Å². The normalized spacial score (nSPS) is 16.2. The molecule has 0 unspecified atom stereocenters. The molecular weight excluding hydrogens is 404 g/mol. The molecule has 2 N–H and O–H groups in total. The van der Waals surface area contributed by atoms with Crippen molar-refractivity contribution in [1.29, 1.82) is 0 Å². The highest BCUT2D eigenvalue weighted by Gasteiger charge is 2.17. The number of carboxylic acid groups (broad SMARTS) is 1. The van der Waals surface area contributed by atoms with Gasteiger partial charge in [-0.15, -0.1) is 0 Å². The van der Waals surface area contributed by atoms with Crippen LogP contribution in [0.3, 0.4) is 0 Å². The molecule has 0 aliphatic carbocycles. The molecular formula is C23H27ClN2O4. The van der Waals surface area contributed by atoms with Crippen molar-refractivity contribution in [1.82, 2.24) is 10.2 Å². The summed E-state index contributed by atoms with van der Waals surface area (Å²) >= 11 is 6.13. The lowest BCUT2D eigenvalue weighted by molar-refractivity contribution is -0.136. The number of rotatable bonds is 4. The highest BCUT2D eigenvalue weighted by Crippen LogP contribution is 2.24. The predicted octanol–water partition coefficient (Wildman–Crippen LogP) is 3.65. The Hall–Kier alpha value is -2.57. The number of halogens is 1. The summed E-state index contributed by atoms with van der Waals surface area (Å²) in [7, 11) is 0. The number of hydrogen-bond acceptors (Lipinski definition) is 4. The fourth-order valence-corrected chi connectivity index (χ4v) is 3.77. The van der Waals surface area contributed by atoms with Crippen molar-refractivity contribution >= 4 is 23.5 Å². The van der Waals surface area contributed by atoms with Crippen LogP contribution in [0.2, 0.25) is 5.02 Å². The Morgan fingerprint density at radius 1 is 1.10 bits per heavy atom. The van der Waals surface area contributed by atoms with E-state index in [0.717, 1.165) is 36.1 Å². The molecule has 1 heterocycles. The van der Waals surface area contributed by atoms with Gasteiger partial charge in [-0.05, 0) is 48.6 Å². The zero-order chi connectivity index (χ0) is 21.3. The van der Waals surface area contributed by atoms with E-state index < -0.39 is 5.97 Å². The lowest BCUT2D eigenvalue weighted by atomic mass is 10.1. The topological polar surface area (TPSA) is 78.9 Å². The summed E-state index contributed by atoms with van der Waals surface area (Å²) in [6.45, 7) is 2.47. The first kappa shape index (κ1) is 22.1. The van der Waals surface area contributed by atoms with Crippen molar-refractivity contribution in [3.8, 4) is 5.75 Å². The molecule has 0 radical (unpaired) electrons. The minimum atomic E-state index is -0.879. The Morgan fingerprint density at radius 2 is 1.97 bits per heavy atom. The predicted molar refractivity (Wildman–Crippen MR) is 116 cm³/mol. The molecule has 30 heavy (non-hydrogen) atoms. The van der Waals surface area contributed by atoms with E-state index in [9.17, 15) is 9.59 Å². The van der Waals surface area contributed by atoms with Crippen molar-refractivity contribution in [3.05, 3.63) is 64.2 Å². The van der Waals surface area contributed by atoms with E-state index in [0.29, 0.717) is 36.8 Å². The molecule has 6 nitrogen and oxygen atoms in total. The van der Waals surface area contributed by atoms with Gasteiger partial charge in [0, 0.05) is 30.2 Å². The van der Waals surface area contributed by atoms with Crippen molar-refractivity contribution < 1.29 is 19.4 Å². The molecule has 0 aromatic heterocycles. The van der Waals surface area contributed by atoms with Crippen LogP contribution in [0.15, 0.2) is 42.5 Å². The minimum absolute atomic E-state index is 0.0274. The van der Waals surface area contributed by atoms with Crippen LogP contribution in [0.1, 0.15) is 36.0 Å². The molecule has 1 amide bonds. The van der Waals surface area contributed by atoms with Crippen LogP contribution in [0.4, 0.5) is 0 Å². The minimum Gasteiger partial charge on any atom is -0.493 e. The average molecular weight is 431 g/mol. The summed E-state index contributed by atoms with van der Waals surface area (Å²) in [6, 6.07) is 13.1. The van der Waals surface area contributed by atoms with Gasteiger partial charge in [0.2, 0.25) is 5.91 Å². The molecule has 2 aromatic rings. The number of carbonyl (C=O) groups excluding carboxylic acids is 1. The SMILES string of the molecule is O=C(O)Cc1ccc2c(c1)CN(Cc1cccc(Cl)c1)CC(=O)NCCCCCO2. The van der Waals surface area contributed by atoms with Crippen molar-refractivity contribution in [2.75, 3.05) is 19.7 Å². The smallest absolute Gasteiger partial charge is 0.307 e. The standard InChI is InChI=1S/C23H27ClN2O4/c24-20-6-4-5-18(12-20)14-26-15-19-11-17(13-23(28)29)7-8-21(19)30-10-3-1-2-9-25-22(27)16-26/h4-8,11-12H,1-3,9-10,13-16H2,(H,25,27)(H,28,29). The number of benzene rings is 2. The Bertz CT molecular complexity index is 887. The van der Waals surface area contributed by atoms with E-state index in [-0.39, 0.29) is 18.9 Å². The maximum Gasteiger partial charge on any atom is 0.307 e. The lowest BCUT2D eigenvalue weighted by Crippen LogP contribution is -2.37. The van der Waals surface area contributed by atoms with E-state index >= 15 is 0 Å². The number of aliphatic carboxylic acids is 1. The van der Waals surface area contributed by atoms with Crippen LogP contribution in [-0.4, -0.2) is 41.6 Å². The third-order valence-corrected chi connectivity index (χ3v) is 5.17. The highest BCUT2D eigenvalue weighted by molar-refractivity contribution is 6.30. The molecule has 3 rings (SSSR count). The summed E-state index contributed by atoms with van der Waals surface area (Å²) in [5.41, 5.74) is 2.59. The number of carbonyl (C=O) groups is 2. The van der Waals surface area contributed by atoms with E-state index in [2.05, 4.69) is 5.32 Å². The number of nitrogens with zero attached hydrogens (tertiary/aromatic N) is 1. The maximum absolute atomic E-state index is 12.5. The number of nitrogens with one attached hydrogen (secondary N) is 1. The second-order valence-electron chi connectivity index (χ2n) is 7.55. The Balaban J connectivity index is 1.88. The van der Waals surface area contributed by atoms with Gasteiger partial charge in [0.1, 0.15) is 5.75 Å². The van der Waals surface area contributed by atoms with Crippen molar-refractivity contribution in [2.45, 2.75) is 38.8 Å². The molecule has 0 saturated carbocycles. The van der Waals surface area contributed by atoms with Crippen LogP contribution in [0, 0.1) is 0 Å². The number of hydrogen-bond donors (Lipinski definition) is 2. The summed E-state index contributed by atoms with van der Waals surface area (Å²) in [6.07, 6.45) is 2.73. The van der Waals surface area contributed by atoms with Crippen LogP contribution in [0.25, 0.3) is 0 Å². The molecule has 0 bridgehead atoms. The first-order valence-corrected chi connectivity index (χ1v) is 10.6. The van der Waals surface area contributed by atoms with Crippen molar-refractivity contribution in [2.24, 2.45) is 0 Å². The van der Waals surface area contributed by atoms with Gasteiger partial charge in [-0.2, -0.15) is 0 Å². The first-order valence-electron chi connectivity index (χ1n) is 10.2. The zero-order valence-corrected chi connectivity index (χ0v) is 17.7. The Morgan fingerprint density at radius 3 is 2.77 bits per heavy atom. The number of fused-ring (bicyclic) bond motifs is 1. The van der Waals surface area contributed by atoms with Gasteiger partial charge in [0.25, 0.3) is 0 Å². The van der Waals surface area contributed by atoms with E-state index in [1.807, 2.05) is 41.3 Å². The van der Waals surface area contributed by atoms with E-state index in [1.165, 1.54) is 0 Å². The molecule has 2 aromatic carbocycles. The molecule has 0 saturated heterocycles. The fourth-order valence-electron chi connectivity index (χ4n) is 3.56. The molecule has 1 aliphatic rings. The largest absolute Gasteiger partial charge is 0.493 e. The second-order valence-corrected chi connectivity index (χ2v) is 7.98. The van der Waals surface area contributed by atoms with Crippen molar-refractivity contribution in [3.63, 3.8) is 0 Å². The summed E-state index contributed by atoms with van der Waals surface area (Å²) in [5.74, 6) is -0.170. The van der Waals surface area contributed by atoms with Gasteiger partial charge >= 0.3 is 5.97 Å². The van der Waals surface area contributed by atoms with Crippen LogP contribution in [0.5, 0.6) is 5.75 Å². The van der Waals surface area contributed by atoms with E-state index in [1.54, 1.807) is 6.07 Å². The second kappa shape index (κ2) is 11.0. The van der Waals surface area contributed by atoms with Gasteiger partial charge in [-0.1, -0.05) is 35.9 Å². The first-order chi connectivity index (χ1) is 14.5. The van der Waals surface area contributed by atoms with Gasteiger partial charge in [0.15, 0.2) is 0 Å². The van der Waals surface area contributed by atoms with Gasteiger partial charge in [0.05, 0.1) is 19.6 Å². The van der Waals surface area contributed by atoms with E-state index in [4.69, 9.17) is 21.4 Å². The molecule has 1 aliphatic heterocycles. The number of amides is 1. The van der Waals surface area contributed by atoms with Crippen LogP contribution in [-0.2, 0) is 29.1 Å². The summed E-state index contributed by atoms with van der Waals surface area (Å²) in [5, 5.41) is 12.8. The highest BCUT2D eigenvalue weighted by atomic mass is 35.5. The molecule has 160 valence electrons. The van der Waals surface area contributed by atoms with Gasteiger partial charge < -0.3 is 15.2 Å². The van der Waals surface area contributed by atoms with Gasteiger partial charge in [-0.3, -0.25) is 14.5 Å². The lowest BCUT2D eigenvalue weighted by Gasteiger charge is -2.24. The van der Waals surface area contributed by atoms with Gasteiger partial charge in [-0.25, -0.2) is 0 Å². The zero-order valence-electron chi connectivity index (χ0n) is 16.9. The Kier molecular flexibility index (Phi) is 8.11. The molecule has 0 fully saturated rings. The molecule has 7 heteroatoms. The number of ether oxygens (including phenoxy) is 1. The third-order valence-electron chi connectivity index (χ3n) is 4.94. The molecule has 0 atom stereocenters. The Labute approximate surface area is 181 Å².